The third-order valence-corrected chi connectivity index (χ3v) is 5.27. The molecule has 0 saturated carbocycles. The van der Waals surface area contributed by atoms with Crippen LogP contribution in [0.5, 0.6) is 5.75 Å². The fourth-order valence-corrected chi connectivity index (χ4v) is 3.73. The van der Waals surface area contributed by atoms with E-state index in [0.717, 1.165) is 12.0 Å². The Balaban J connectivity index is 1.97. The average molecular weight is 274 g/mol. The van der Waals surface area contributed by atoms with E-state index in [4.69, 9.17) is 4.74 Å². The Labute approximate surface area is 119 Å². The molecule has 20 heavy (non-hydrogen) atoms. The Morgan fingerprint density at radius 2 is 2.00 bits per heavy atom. The zero-order valence-electron chi connectivity index (χ0n) is 12.0. The highest BCUT2D eigenvalue weighted by Gasteiger charge is 2.50. The van der Waals surface area contributed by atoms with Gasteiger partial charge in [-0.1, -0.05) is 30.7 Å². The Hall–Kier alpha value is -1.32. The van der Waals surface area contributed by atoms with Crippen molar-refractivity contribution in [2.75, 3.05) is 13.2 Å². The lowest BCUT2D eigenvalue weighted by atomic mass is 9.60. The fourth-order valence-electron chi connectivity index (χ4n) is 3.73. The molecule has 1 aliphatic heterocycles. The quantitative estimate of drug-likeness (QED) is 0.815. The Morgan fingerprint density at radius 1 is 1.30 bits per heavy atom. The molecule has 0 amide bonds. The van der Waals surface area contributed by atoms with Crippen LogP contribution < -0.4 is 0 Å². The normalized spacial score (nSPS) is 36.5. The number of aliphatic hydroxyl groups is 1. The summed E-state index contributed by atoms with van der Waals surface area (Å²) in [5.74, 6) is 0.970. The molecule has 0 radical (unpaired) electrons. The topological polar surface area (TPSA) is 49.7 Å². The van der Waals surface area contributed by atoms with Crippen molar-refractivity contribution in [3.63, 3.8) is 0 Å². The smallest absolute Gasteiger partial charge is 0.115 e. The summed E-state index contributed by atoms with van der Waals surface area (Å²) in [5, 5.41) is 19.2. The molecule has 0 spiro atoms. The van der Waals surface area contributed by atoms with Gasteiger partial charge in [0.05, 0.1) is 19.3 Å². The third kappa shape index (κ3) is 1.97. The third-order valence-electron chi connectivity index (χ3n) is 5.27. The number of rotatable bonds is 2. The van der Waals surface area contributed by atoms with E-state index in [1.165, 1.54) is 5.57 Å². The fraction of sp³-hybridized carbons (Fsp3) is 0.529. The van der Waals surface area contributed by atoms with Gasteiger partial charge in [0.2, 0.25) is 0 Å². The van der Waals surface area contributed by atoms with Crippen molar-refractivity contribution in [3.8, 4) is 5.75 Å². The molecule has 2 bridgehead atoms. The molecule has 1 saturated heterocycles. The Morgan fingerprint density at radius 3 is 2.65 bits per heavy atom. The van der Waals surface area contributed by atoms with Crippen LogP contribution in [-0.4, -0.2) is 23.4 Å². The lowest BCUT2D eigenvalue weighted by molar-refractivity contribution is -0.148. The van der Waals surface area contributed by atoms with Gasteiger partial charge >= 0.3 is 0 Å². The van der Waals surface area contributed by atoms with Gasteiger partial charge in [0.15, 0.2) is 0 Å². The molecular formula is C17H22O3. The second kappa shape index (κ2) is 4.90. The largest absolute Gasteiger partial charge is 0.508 e. The molecule has 2 aliphatic rings. The first kappa shape index (κ1) is 13.7. The van der Waals surface area contributed by atoms with E-state index >= 15 is 0 Å². The maximum atomic E-state index is 9.80. The van der Waals surface area contributed by atoms with Crippen LogP contribution in [0.1, 0.15) is 31.9 Å². The molecule has 4 atom stereocenters. The number of fused-ring (bicyclic) bond motifs is 2. The van der Waals surface area contributed by atoms with Crippen LogP contribution >= 0.6 is 0 Å². The molecule has 1 aliphatic carbocycles. The summed E-state index contributed by atoms with van der Waals surface area (Å²) >= 11 is 0. The lowest BCUT2D eigenvalue weighted by Gasteiger charge is -2.52. The average Bonchev–Trinajstić information content (AvgIpc) is 2.45. The molecule has 1 aromatic rings. The van der Waals surface area contributed by atoms with Crippen LogP contribution in [0.25, 0.3) is 0 Å². The first-order valence-corrected chi connectivity index (χ1v) is 7.25. The summed E-state index contributed by atoms with van der Waals surface area (Å²) in [5.41, 5.74) is 2.32. The van der Waals surface area contributed by atoms with E-state index in [-0.39, 0.29) is 23.9 Å². The van der Waals surface area contributed by atoms with Gasteiger partial charge in [-0.3, -0.25) is 0 Å². The number of phenols is 1. The summed E-state index contributed by atoms with van der Waals surface area (Å²) in [6, 6.07) is 7.28. The van der Waals surface area contributed by atoms with E-state index in [2.05, 4.69) is 19.9 Å². The summed E-state index contributed by atoms with van der Waals surface area (Å²) in [6.07, 6.45) is 3.17. The van der Waals surface area contributed by atoms with Gasteiger partial charge in [0.25, 0.3) is 0 Å². The minimum absolute atomic E-state index is 0.0156. The van der Waals surface area contributed by atoms with Gasteiger partial charge in [0, 0.05) is 11.3 Å². The minimum Gasteiger partial charge on any atom is -0.508 e. The maximum Gasteiger partial charge on any atom is 0.115 e. The number of aliphatic hydroxyl groups excluding tert-OH is 1. The molecule has 2 N–H and O–H groups in total. The molecule has 3 rings (SSSR count). The maximum absolute atomic E-state index is 9.80. The first-order chi connectivity index (χ1) is 9.57. The lowest BCUT2D eigenvalue weighted by Crippen LogP contribution is -2.50. The second-order valence-corrected chi connectivity index (χ2v) is 6.31. The van der Waals surface area contributed by atoms with Crippen LogP contribution in [0.2, 0.25) is 0 Å². The molecule has 108 valence electrons. The van der Waals surface area contributed by atoms with Gasteiger partial charge in [-0.05, 0) is 37.0 Å². The zero-order valence-corrected chi connectivity index (χ0v) is 12.0. The van der Waals surface area contributed by atoms with Crippen molar-refractivity contribution in [2.24, 2.45) is 17.3 Å². The highest BCUT2D eigenvalue weighted by molar-refractivity contribution is 5.31. The van der Waals surface area contributed by atoms with Crippen molar-refractivity contribution in [1.82, 2.24) is 0 Å². The van der Waals surface area contributed by atoms with E-state index in [1.807, 2.05) is 12.1 Å². The van der Waals surface area contributed by atoms with Crippen molar-refractivity contribution >= 4 is 0 Å². The van der Waals surface area contributed by atoms with Crippen LogP contribution in [0.4, 0.5) is 0 Å². The number of aromatic hydroxyl groups is 1. The number of ether oxygens (including phenoxy) is 1. The first-order valence-electron chi connectivity index (χ1n) is 7.25. The molecule has 3 heteroatoms. The molecule has 3 nitrogen and oxygen atoms in total. The monoisotopic (exact) mass is 274 g/mol. The highest BCUT2D eigenvalue weighted by Crippen LogP contribution is 2.53. The van der Waals surface area contributed by atoms with Crippen LogP contribution in [0.15, 0.2) is 35.9 Å². The van der Waals surface area contributed by atoms with E-state index in [0.29, 0.717) is 18.4 Å². The number of phenolic OH excluding ortho intramolecular Hbond substituents is 1. The van der Waals surface area contributed by atoms with Crippen LogP contribution in [0.3, 0.4) is 0 Å². The number of hydrogen-bond acceptors (Lipinski definition) is 3. The number of allylic oxidation sites excluding steroid dienone is 1. The Kier molecular flexibility index (Phi) is 3.35. The molecule has 1 fully saturated rings. The summed E-state index contributed by atoms with van der Waals surface area (Å²) < 4.78 is 6.12. The summed E-state index contributed by atoms with van der Waals surface area (Å²) in [4.78, 5) is 0. The van der Waals surface area contributed by atoms with Gasteiger partial charge in [0.1, 0.15) is 5.75 Å². The number of hydrogen-bond donors (Lipinski definition) is 2. The molecule has 0 aromatic heterocycles. The number of benzene rings is 1. The SMILES string of the molecule is CC1=CC[C@]2(CO)CO[C@H](c3ccc(O)cc3)[C@H]1[C@H]2C. The van der Waals surface area contributed by atoms with Crippen molar-refractivity contribution in [2.45, 2.75) is 26.4 Å². The predicted molar refractivity (Wildman–Crippen MR) is 77.3 cm³/mol. The molecule has 1 aromatic carbocycles. The molecule has 0 unspecified atom stereocenters. The zero-order chi connectivity index (χ0) is 14.3. The van der Waals surface area contributed by atoms with Crippen LogP contribution in [-0.2, 0) is 4.74 Å². The van der Waals surface area contributed by atoms with Gasteiger partial charge in [-0.15, -0.1) is 0 Å². The van der Waals surface area contributed by atoms with E-state index in [9.17, 15) is 10.2 Å². The Bertz CT molecular complexity index is 520. The van der Waals surface area contributed by atoms with Gasteiger partial charge < -0.3 is 14.9 Å². The predicted octanol–water partition coefficient (Wildman–Crippen LogP) is 3.04. The summed E-state index contributed by atoms with van der Waals surface area (Å²) in [7, 11) is 0. The van der Waals surface area contributed by atoms with E-state index in [1.54, 1.807) is 12.1 Å². The molecule has 1 heterocycles. The van der Waals surface area contributed by atoms with Crippen LogP contribution in [0, 0.1) is 17.3 Å². The second-order valence-electron chi connectivity index (χ2n) is 6.31. The summed E-state index contributed by atoms with van der Waals surface area (Å²) in [6.45, 7) is 5.16. The highest BCUT2D eigenvalue weighted by atomic mass is 16.5. The standard InChI is InChI=1S/C17H22O3/c1-11-7-8-17(9-18)10-20-16(15(11)12(17)2)13-3-5-14(19)6-4-13/h3-7,12,15-16,18-19H,8-10H2,1-2H3/t12-,15-,16-,17+/m1/s1. The van der Waals surface area contributed by atoms with Gasteiger partial charge in [-0.25, -0.2) is 0 Å². The van der Waals surface area contributed by atoms with Crippen molar-refractivity contribution in [1.29, 1.82) is 0 Å². The molecular weight excluding hydrogens is 252 g/mol. The van der Waals surface area contributed by atoms with E-state index < -0.39 is 0 Å². The van der Waals surface area contributed by atoms with Gasteiger partial charge in [-0.2, -0.15) is 0 Å². The van der Waals surface area contributed by atoms with Crippen molar-refractivity contribution < 1.29 is 14.9 Å². The minimum atomic E-state index is -0.127. The van der Waals surface area contributed by atoms with Crippen molar-refractivity contribution in [3.05, 3.63) is 41.5 Å².